The molecule has 0 saturated heterocycles. The number of rotatable bonds is 6. The topological polar surface area (TPSA) is 67.4 Å². The van der Waals surface area contributed by atoms with Gasteiger partial charge in [0.1, 0.15) is 5.75 Å². The van der Waals surface area contributed by atoms with Crippen LogP contribution in [0.25, 0.3) is 0 Å². The van der Waals surface area contributed by atoms with E-state index in [-0.39, 0.29) is 24.5 Å². The molecule has 0 aromatic heterocycles. The molecular formula is C25H24N2O3. The van der Waals surface area contributed by atoms with E-state index in [9.17, 15) is 9.59 Å². The van der Waals surface area contributed by atoms with Crippen molar-refractivity contribution in [3.63, 3.8) is 0 Å². The largest absolute Gasteiger partial charge is 0.484 e. The van der Waals surface area contributed by atoms with Crippen LogP contribution < -0.4 is 15.4 Å². The summed E-state index contributed by atoms with van der Waals surface area (Å²) in [5.41, 5.74) is 3.77. The van der Waals surface area contributed by atoms with Gasteiger partial charge in [-0.25, -0.2) is 0 Å². The molecule has 0 bridgehead atoms. The summed E-state index contributed by atoms with van der Waals surface area (Å²) in [5, 5.41) is 5.92. The second-order valence-electron chi connectivity index (χ2n) is 7.34. The predicted molar refractivity (Wildman–Crippen MR) is 117 cm³/mol. The van der Waals surface area contributed by atoms with Gasteiger partial charge in [-0.15, -0.1) is 0 Å². The zero-order valence-electron chi connectivity index (χ0n) is 16.6. The van der Waals surface area contributed by atoms with Gasteiger partial charge in [-0.1, -0.05) is 42.5 Å². The average molecular weight is 400 g/mol. The third kappa shape index (κ3) is 4.87. The molecular weight excluding hydrogens is 376 g/mol. The number of hydrogen-bond acceptors (Lipinski definition) is 3. The maximum absolute atomic E-state index is 12.4. The van der Waals surface area contributed by atoms with Gasteiger partial charge in [-0.2, -0.15) is 0 Å². The Labute approximate surface area is 176 Å². The van der Waals surface area contributed by atoms with Gasteiger partial charge in [-0.05, 0) is 66.8 Å². The molecule has 1 atom stereocenters. The summed E-state index contributed by atoms with van der Waals surface area (Å²) in [7, 11) is 0. The van der Waals surface area contributed by atoms with Crippen LogP contribution in [0.3, 0.4) is 0 Å². The first-order valence-corrected chi connectivity index (χ1v) is 10.2. The Hall–Kier alpha value is -3.60. The molecule has 3 aromatic rings. The van der Waals surface area contributed by atoms with Crippen LogP contribution in [0.5, 0.6) is 5.75 Å². The number of benzene rings is 3. The van der Waals surface area contributed by atoms with Crippen molar-refractivity contribution in [1.82, 2.24) is 5.32 Å². The van der Waals surface area contributed by atoms with Crippen molar-refractivity contribution >= 4 is 17.5 Å². The molecule has 0 saturated carbocycles. The van der Waals surface area contributed by atoms with E-state index in [0.717, 1.165) is 19.3 Å². The average Bonchev–Trinajstić information content (AvgIpc) is 2.79. The summed E-state index contributed by atoms with van der Waals surface area (Å²) in [5.74, 6) is 0.265. The zero-order chi connectivity index (χ0) is 20.8. The van der Waals surface area contributed by atoms with Crippen molar-refractivity contribution in [2.24, 2.45) is 0 Å². The normalized spacial score (nSPS) is 15.0. The minimum absolute atomic E-state index is 0.0432. The smallest absolute Gasteiger partial charge is 0.258 e. The molecule has 0 heterocycles. The molecule has 30 heavy (non-hydrogen) atoms. The first kappa shape index (κ1) is 19.7. The van der Waals surface area contributed by atoms with E-state index in [4.69, 9.17) is 4.74 Å². The molecule has 0 fully saturated rings. The van der Waals surface area contributed by atoms with E-state index >= 15 is 0 Å². The molecule has 4 rings (SSSR count). The van der Waals surface area contributed by atoms with Crippen LogP contribution in [0.4, 0.5) is 5.69 Å². The van der Waals surface area contributed by atoms with E-state index < -0.39 is 0 Å². The first-order chi connectivity index (χ1) is 14.7. The molecule has 0 aliphatic heterocycles. The van der Waals surface area contributed by atoms with Crippen LogP contribution in [0.2, 0.25) is 0 Å². The van der Waals surface area contributed by atoms with E-state index in [0.29, 0.717) is 17.0 Å². The molecule has 3 aromatic carbocycles. The summed E-state index contributed by atoms with van der Waals surface area (Å²) in [6.07, 6.45) is 3.07. The summed E-state index contributed by atoms with van der Waals surface area (Å²) < 4.78 is 5.62. The van der Waals surface area contributed by atoms with Gasteiger partial charge < -0.3 is 15.4 Å². The Balaban J connectivity index is 1.28. The quantitative estimate of drug-likeness (QED) is 0.640. The standard InChI is InChI=1S/C25H24N2O3/c28-24(27-23-12-6-10-18-7-4-5-11-22(18)23)17-30-21-15-13-20(14-16-21)26-25(29)19-8-2-1-3-9-19/h1-5,7-9,11,13-16,23H,6,10,12,17H2,(H,26,29)(H,27,28). The van der Waals surface area contributed by atoms with Gasteiger partial charge in [0.25, 0.3) is 11.8 Å². The second kappa shape index (κ2) is 9.27. The number of amides is 2. The van der Waals surface area contributed by atoms with E-state index in [1.54, 1.807) is 36.4 Å². The summed E-state index contributed by atoms with van der Waals surface area (Å²) in [4.78, 5) is 24.6. The highest BCUT2D eigenvalue weighted by Gasteiger charge is 2.21. The molecule has 1 unspecified atom stereocenters. The Kier molecular flexibility index (Phi) is 6.09. The molecule has 2 amide bonds. The summed E-state index contributed by atoms with van der Waals surface area (Å²) >= 11 is 0. The fraction of sp³-hybridized carbons (Fsp3) is 0.200. The Morgan fingerprint density at radius 3 is 2.43 bits per heavy atom. The van der Waals surface area contributed by atoms with Crippen molar-refractivity contribution in [1.29, 1.82) is 0 Å². The number of ether oxygens (including phenoxy) is 1. The fourth-order valence-corrected chi connectivity index (χ4v) is 3.72. The highest BCUT2D eigenvalue weighted by molar-refractivity contribution is 6.04. The van der Waals surface area contributed by atoms with Gasteiger partial charge in [0, 0.05) is 11.3 Å². The van der Waals surface area contributed by atoms with Crippen molar-refractivity contribution in [2.45, 2.75) is 25.3 Å². The molecule has 1 aliphatic rings. The zero-order valence-corrected chi connectivity index (χ0v) is 16.6. The number of fused-ring (bicyclic) bond motifs is 1. The maximum Gasteiger partial charge on any atom is 0.258 e. The highest BCUT2D eigenvalue weighted by Crippen LogP contribution is 2.29. The lowest BCUT2D eigenvalue weighted by molar-refractivity contribution is -0.123. The van der Waals surface area contributed by atoms with Gasteiger partial charge in [0.2, 0.25) is 0 Å². The first-order valence-electron chi connectivity index (χ1n) is 10.2. The minimum Gasteiger partial charge on any atom is -0.484 e. The van der Waals surface area contributed by atoms with Crippen molar-refractivity contribution < 1.29 is 14.3 Å². The van der Waals surface area contributed by atoms with Gasteiger partial charge in [-0.3, -0.25) is 9.59 Å². The van der Waals surface area contributed by atoms with Gasteiger partial charge in [0.05, 0.1) is 6.04 Å². The maximum atomic E-state index is 12.4. The highest BCUT2D eigenvalue weighted by atomic mass is 16.5. The summed E-state index contributed by atoms with van der Waals surface area (Å²) in [6.45, 7) is -0.0472. The monoisotopic (exact) mass is 400 g/mol. The van der Waals surface area contributed by atoms with E-state index in [1.807, 2.05) is 30.3 Å². The Morgan fingerprint density at radius 2 is 1.63 bits per heavy atom. The molecule has 0 radical (unpaired) electrons. The van der Waals surface area contributed by atoms with Crippen LogP contribution in [0.1, 0.15) is 40.4 Å². The van der Waals surface area contributed by atoms with Crippen LogP contribution in [0.15, 0.2) is 78.9 Å². The molecule has 1 aliphatic carbocycles. The van der Waals surface area contributed by atoms with Gasteiger partial charge >= 0.3 is 0 Å². The lowest BCUT2D eigenvalue weighted by atomic mass is 9.88. The number of carbonyl (C=O) groups is 2. The van der Waals surface area contributed by atoms with Crippen LogP contribution >= 0.6 is 0 Å². The fourth-order valence-electron chi connectivity index (χ4n) is 3.72. The van der Waals surface area contributed by atoms with Crippen LogP contribution in [-0.4, -0.2) is 18.4 Å². The Morgan fingerprint density at radius 1 is 0.900 bits per heavy atom. The number of carbonyl (C=O) groups excluding carboxylic acids is 2. The molecule has 0 spiro atoms. The van der Waals surface area contributed by atoms with Crippen LogP contribution in [0, 0.1) is 0 Å². The SMILES string of the molecule is O=C(COc1ccc(NC(=O)c2ccccc2)cc1)NC1CCCc2ccccc21. The van der Waals surface area contributed by atoms with Crippen molar-refractivity contribution in [3.05, 3.63) is 95.6 Å². The molecule has 2 N–H and O–H groups in total. The second-order valence-corrected chi connectivity index (χ2v) is 7.34. The summed E-state index contributed by atoms with van der Waals surface area (Å²) in [6, 6.07) is 24.3. The third-order valence-corrected chi connectivity index (χ3v) is 5.22. The number of aryl methyl sites for hydroxylation is 1. The third-order valence-electron chi connectivity index (χ3n) is 5.22. The lowest BCUT2D eigenvalue weighted by Crippen LogP contribution is -2.34. The van der Waals surface area contributed by atoms with Gasteiger partial charge in [0.15, 0.2) is 6.61 Å². The number of hydrogen-bond donors (Lipinski definition) is 2. The number of anilines is 1. The molecule has 152 valence electrons. The van der Waals surface area contributed by atoms with E-state index in [2.05, 4.69) is 22.8 Å². The van der Waals surface area contributed by atoms with E-state index in [1.165, 1.54) is 11.1 Å². The van der Waals surface area contributed by atoms with Crippen LogP contribution in [-0.2, 0) is 11.2 Å². The van der Waals surface area contributed by atoms with Crippen molar-refractivity contribution in [3.8, 4) is 5.75 Å². The predicted octanol–water partition coefficient (Wildman–Crippen LogP) is 4.51. The molecule has 5 heteroatoms. The van der Waals surface area contributed by atoms with Crippen molar-refractivity contribution in [2.75, 3.05) is 11.9 Å². The Bertz CT molecular complexity index is 1020. The molecule has 5 nitrogen and oxygen atoms in total. The minimum atomic E-state index is -0.170. The lowest BCUT2D eigenvalue weighted by Gasteiger charge is -2.26. The number of nitrogens with one attached hydrogen (secondary N) is 2.